The summed E-state index contributed by atoms with van der Waals surface area (Å²) < 4.78 is 29.9. The fraction of sp³-hybridized carbons (Fsp3) is 0.400. The van der Waals surface area contributed by atoms with Gasteiger partial charge in [-0.3, -0.25) is 4.79 Å². The largest absolute Gasteiger partial charge is 0.325 e. The zero-order chi connectivity index (χ0) is 25.7. The van der Waals surface area contributed by atoms with E-state index in [0.717, 1.165) is 30.7 Å². The minimum absolute atomic E-state index is 0.0615. The normalized spacial score (nSPS) is 16.7. The summed E-state index contributed by atoms with van der Waals surface area (Å²) in [7, 11) is -3.57. The summed E-state index contributed by atoms with van der Waals surface area (Å²) in [6, 6.07) is 13.9. The summed E-state index contributed by atoms with van der Waals surface area (Å²) in [5, 5.41) is 13.0. The van der Waals surface area contributed by atoms with Crippen LogP contribution in [0, 0.1) is 6.92 Å². The van der Waals surface area contributed by atoms with Crippen LogP contribution in [0.5, 0.6) is 0 Å². The van der Waals surface area contributed by atoms with Crippen LogP contribution >= 0.6 is 23.4 Å². The Balaban J connectivity index is 1.47. The van der Waals surface area contributed by atoms with Gasteiger partial charge in [-0.15, -0.1) is 10.2 Å². The SMILES string of the molecule is CCCn1c(SCC(=O)Nc2cccc(Cl)c2C)nnc1[C@@H]1CCCN(S(=O)(=O)c2ccccc2)C1. The molecule has 0 spiro atoms. The second kappa shape index (κ2) is 11.8. The second-order valence-electron chi connectivity index (χ2n) is 8.76. The average Bonchev–Trinajstić information content (AvgIpc) is 3.29. The molecule has 1 aliphatic heterocycles. The Morgan fingerprint density at radius 3 is 2.69 bits per heavy atom. The molecule has 1 atom stereocenters. The summed E-state index contributed by atoms with van der Waals surface area (Å²) in [6.45, 7) is 5.47. The van der Waals surface area contributed by atoms with Gasteiger partial charge in [-0.25, -0.2) is 8.42 Å². The fourth-order valence-corrected chi connectivity index (χ4v) is 6.81. The third-order valence-electron chi connectivity index (χ3n) is 6.20. The van der Waals surface area contributed by atoms with Crippen LogP contribution in [0.4, 0.5) is 5.69 Å². The van der Waals surface area contributed by atoms with Crippen molar-refractivity contribution in [1.29, 1.82) is 0 Å². The topological polar surface area (TPSA) is 97.2 Å². The number of hydrogen-bond acceptors (Lipinski definition) is 6. The van der Waals surface area contributed by atoms with Crippen LogP contribution in [0.3, 0.4) is 0 Å². The molecule has 0 bridgehead atoms. The van der Waals surface area contributed by atoms with E-state index in [1.165, 1.54) is 11.8 Å². The highest BCUT2D eigenvalue weighted by Gasteiger charge is 2.33. The maximum Gasteiger partial charge on any atom is 0.243 e. The quantitative estimate of drug-likeness (QED) is 0.381. The average molecular weight is 548 g/mol. The number of nitrogens with zero attached hydrogens (tertiary/aromatic N) is 4. The van der Waals surface area contributed by atoms with E-state index in [1.807, 2.05) is 17.6 Å². The Hall–Kier alpha value is -2.40. The van der Waals surface area contributed by atoms with Crippen LogP contribution in [0.1, 0.15) is 43.5 Å². The molecule has 2 aromatic carbocycles. The summed E-state index contributed by atoms with van der Waals surface area (Å²) in [5.74, 6) is 0.732. The van der Waals surface area contributed by atoms with E-state index >= 15 is 0 Å². The molecule has 0 unspecified atom stereocenters. The molecule has 1 N–H and O–H groups in total. The number of rotatable bonds is 9. The first-order chi connectivity index (χ1) is 17.3. The van der Waals surface area contributed by atoms with Gasteiger partial charge in [-0.05, 0) is 56.0 Å². The Kier molecular flexibility index (Phi) is 8.71. The van der Waals surface area contributed by atoms with Crippen molar-refractivity contribution in [3.05, 3.63) is 64.9 Å². The van der Waals surface area contributed by atoms with E-state index in [4.69, 9.17) is 11.6 Å². The number of hydrogen-bond donors (Lipinski definition) is 1. The third kappa shape index (κ3) is 5.94. The maximum absolute atomic E-state index is 13.2. The van der Waals surface area contributed by atoms with Crippen molar-refractivity contribution < 1.29 is 13.2 Å². The molecule has 3 aromatic rings. The molecule has 0 aliphatic carbocycles. The number of thioether (sulfide) groups is 1. The monoisotopic (exact) mass is 547 g/mol. The van der Waals surface area contributed by atoms with Crippen LogP contribution < -0.4 is 5.32 Å². The molecule has 192 valence electrons. The minimum Gasteiger partial charge on any atom is -0.325 e. The molecule has 1 aromatic heterocycles. The smallest absolute Gasteiger partial charge is 0.243 e. The number of aromatic nitrogens is 3. The zero-order valence-corrected chi connectivity index (χ0v) is 22.7. The molecule has 1 amide bonds. The molecule has 36 heavy (non-hydrogen) atoms. The lowest BCUT2D eigenvalue weighted by Gasteiger charge is -2.31. The first-order valence-electron chi connectivity index (χ1n) is 12.0. The number of benzene rings is 2. The molecule has 4 rings (SSSR count). The van der Waals surface area contributed by atoms with Crippen LogP contribution in [0.15, 0.2) is 58.6 Å². The lowest BCUT2D eigenvalue weighted by molar-refractivity contribution is -0.113. The summed E-state index contributed by atoms with van der Waals surface area (Å²) in [5.41, 5.74) is 1.51. The van der Waals surface area contributed by atoms with E-state index < -0.39 is 10.0 Å². The molecule has 0 radical (unpaired) electrons. The van der Waals surface area contributed by atoms with E-state index in [1.54, 1.807) is 46.8 Å². The molecule has 1 aliphatic rings. The predicted octanol–water partition coefficient (Wildman–Crippen LogP) is 4.95. The summed E-state index contributed by atoms with van der Waals surface area (Å²) >= 11 is 7.48. The fourth-order valence-electron chi connectivity index (χ4n) is 4.31. The van der Waals surface area contributed by atoms with Gasteiger partial charge in [0.1, 0.15) is 5.82 Å². The second-order valence-corrected chi connectivity index (χ2v) is 12.0. The van der Waals surface area contributed by atoms with Gasteiger partial charge in [0.25, 0.3) is 0 Å². The van der Waals surface area contributed by atoms with E-state index in [-0.39, 0.29) is 17.6 Å². The number of carbonyl (C=O) groups excluding carboxylic acids is 1. The van der Waals surface area contributed by atoms with Crippen molar-refractivity contribution in [2.75, 3.05) is 24.2 Å². The lowest BCUT2D eigenvalue weighted by atomic mass is 9.99. The van der Waals surface area contributed by atoms with Crippen LogP contribution in [0.2, 0.25) is 5.02 Å². The zero-order valence-electron chi connectivity index (χ0n) is 20.4. The van der Waals surface area contributed by atoms with Crippen molar-refractivity contribution in [2.45, 2.75) is 55.6 Å². The van der Waals surface area contributed by atoms with Gasteiger partial charge in [0.15, 0.2) is 5.16 Å². The lowest BCUT2D eigenvalue weighted by Crippen LogP contribution is -2.39. The van der Waals surface area contributed by atoms with Crippen molar-refractivity contribution in [3.8, 4) is 0 Å². The summed E-state index contributed by atoms with van der Waals surface area (Å²) in [6.07, 6.45) is 2.45. The van der Waals surface area contributed by atoms with Crippen molar-refractivity contribution in [3.63, 3.8) is 0 Å². The number of halogens is 1. The summed E-state index contributed by atoms with van der Waals surface area (Å²) in [4.78, 5) is 12.9. The molecule has 1 fully saturated rings. The van der Waals surface area contributed by atoms with Gasteiger partial charge in [0, 0.05) is 36.3 Å². The molecular weight excluding hydrogens is 518 g/mol. The van der Waals surface area contributed by atoms with Crippen molar-refractivity contribution in [1.82, 2.24) is 19.1 Å². The Morgan fingerprint density at radius 2 is 1.94 bits per heavy atom. The van der Waals surface area contributed by atoms with Gasteiger partial charge in [0.2, 0.25) is 15.9 Å². The minimum atomic E-state index is -3.57. The Morgan fingerprint density at radius 1 is 1.17 bits per heavy atom. The van der Waals surface area contributed by atoms with Gasteiger partial charge >= 0.3 is 0 Å². The highest BCUT2D eigenvalue weighted by molar-refractivity contribution is 7.99. The first-order valence-corrected chi connectivity index (χ1v) is 14.8. The van der Waals surface area contributed by atoms with Crippen LogP contribution in [0.25, 0.3) is 0 Å². The number of amides is 1. The number of piperidine rings is 1. The molecule has 0 saturated carbocycles. The number of anilines is 1. The van der Waals surface area contributed by atoms with E-state index in [0.29, 0.717) is 40.4 Å². The molecule has 8 nitrogen and oxygen atoms in total. The van der Waals surface area contributed by atoms with Crippen LogP contribution in [-0.4, -0.2) is 52.2 Å². The predicted molar refractivity (Wildman–Crippen MR) is 143 cm³/mol. The van der Waals surface area contributed by atoms with Gasteiger partial charge in [0.05, 0.1) is 10.6 Å². The molecular formula is C25H30ClN5O3S2. The van der Waals surface area contributed by atoms with Gasteiger partial charge in [-0.2, -0.15) is 4.31 Å². The number of carbonyl (C=O) groups is 1. The van der Waals surface area contributed by atoms with Crippen molar-refractivity contribution >= 4 is 45.0 Å². The molecule has 2 heterocycles. The van der Waals surface area contributed by atoms with Gasteiger partial charge in [-0.1, -0.05) is 54.6 Å². The Bertz CT molecular complexity index is 1310. The number of sulfonamides is 1. The molecule has 1 saturated heterocycles. The van der Waals surface area contributed by atoms with Crippen molar-refractivity contribution in [2.24, 2.45) is 0 Å². The number of nitrogens with one attached hydrogen (secondary N) is 1. The van der Waals surface area contributed by atoms with Crippen LogP contribution in [-0.2, 0) is 21.4 Å². The standard InChI is InChI=1S/C25H30ClN5O3S2/c1-3-14-31-24(19-9-8-15-30(16-19)36(33,34)20-10-5-4-6-11-20)28-29-25(31)35-17-23(32)27-22-13-7-12-21(26)18(22)2/h4-7,10-13,19H,3,8-9,14-17H2,1-2H3,(H,27,32)/t19-/m1/s1. The van der Waals surface area contributed by atoms with E-state index in [2.05, 4.69) is 22.4 Å². The highest BCUT2D eigenvalue weighted by Crippen LogP contribution is 2.32. The first kappa shape index (κ1) is 26.7. The highest BCUT2D eigenvalue weighted by atomic mass is 35.5. The van der Waals surface area contributed by atoms with E-state index in [9.17, 15) is 13.2 Å². The maximum atomic E-state index is 13.2. The third-order valence-corrected chi connectivity index (χ3v) is 9.45. The van der Waals surface area contributed by atoms with Gasteiger partial charge < -0.3 is 9.88 Å². The molecule has 11 heteroatoms. The Labute approximate surface area is 221 Å².